The quantitative estimate of drug-likeness (QED) is 0.828. The lowest BCUT2D eigenvalue weighted by atomic mass is 9.84. The van der Waals surface area contributed by atoms with Gasteiger partial charge in [0.1, 0.15) is 0 Å². The number of Topliss-reactive ketones (excluding diaryl/α,β-unsaturated/α-hetero) is 1. The van der Waals surface area contributed by atoms with Gasteiger partial charge in [-0.2, -0.15) is 5.10 Å². The summed E-state index contributed by atoms with van der Waals surface area (Å²) in [4.78, 5) is 12.8. The molecule has 1 aliphatic rings. The first-order valence-electron chi connectivity index (χ1n) is 6.98. The average Bonchev–Trinajstić information content (AvgIpc) is 3.06. The van der Waals surface area contributed by atoms with Crippen LogP contribution in [0.15, 0.2) is 24.4 Å². The molecule has 4 heteroatoms. The van der Waals surface area contributed by atoms with Crippen LogP contribution < -0.4 is 5.32 Å². The Morgan fingerprint density at radius 3 is 3.11 bits per heavy atom. The van der Waals surface area contributed by atoms with Gasteiger partial charge in [-0.25, -0.2) is 0 Å². The van der Waals surface area contributed by atoms with Crippen molar-refractivity contribution in [2.75, 3.05) is 6.54 Å². The molecule has 19 heavy (non-hydrogen) atoms. The number of carbonyl (C=O) groups is 1. The van der Waals surface area contributed by atoms with E-state index in [2.05, 4.69) is 22.4 Å². The maximum atomic E-state index is 12.8. The third kappa shape index (κ3) is 2.06. The van der Waals surface area contributed by atoms with Crippen LogP contribution in [0, 0.1) is 0 Å². The van der Waals surface area contributed by atoms with E-state index in [1.54, 1.807) is 6.20 Å². The van der Waals surface area contributed by atoms with Crippen molar-refractivity contribution in [2.45, 2.75) is 38.1 Å². The Morgan fingerprint density at radius 2 is 2.37 bits per heavy atom. The number of H-pyrrole nitrogens is 1. The van der Waals surface area contributed by atoms with Crippen molar-refractivity contribution < 1.29 is 4.79 Å². The Morgan fingerprint density at radius 1 is 1.47 bits per heavy atom. The normalized spacial score (nSPS) is 23.0. The van der Waals surface area contributed by atoms with E-state index >= 15 is 0 Å². The minimum Gasteiger partial charge on any atom is -0.305 e. The van der Waals surface area contributed by atoms with Crippen molar-refractivity contribution in [3.05, 3.63) is 30.0 Å². The molecule has 2 heterocycles. The van der Waals surface area contributed by atoms with Gasteiger partial charge in [-0.15, -0.1) is 0 Å². The number of rotatable bonds is 4. The fourth-order valence-corrected chi connectivity index (χ4v) is 3.11. The van der Waals surface area contributed by atoms with Crippen LogP contribution in [0.25, 0.3) is 10.9 Å². The highest BCUT2D eigenvalue weighted by molar-refractivity contribution is 6.05. The summed E-state index contributed by atoms with van der Waals surface area (Å²) in [6.45, 7) is 3.08. The van der Waals surface area contributed by atoms with Crippen LogP contribution >= 0.6 is 0 Å². The third-order valence-corrected chi connectivity index (χ3v) is 4.06. The maximum Gasteiger partial charge on any atom is 0.182 e. The van der Waals surface area contributed by atoms with Crippen molar-refractivity contribution in [3.63, 3.8) is 0 Å². The highest BCUT2D eigenvalue weighted by Crippen LogP contribution is 2.29. The minimum absolute atomic E-state index is 0.231. The molecular formula is C15H19N3O. The Labute approximate surface area is 112 Å². The molecule has 1 aliphatic heterocycles. The molecule has 2 N–H and O–H groups in total. The van der Waals surface area contributed by atoms with E-state index in [-0.39, 0.29) is 11.3 Å². The van der Waals surface area contributed by atoms with Gasteiger partial charge in [0.15, 0.2) is 5.78 Å². The first kappa shape index (κ1) is 12.4. The Balaban J connectivity index is 1.97. The number of hydrogen-bond donors (Lipinski definition) is 2. The highest BCUT2D eigenvalue weighted by atomic mass is 16.1. The molecule has 0 aliphatic carbocycles. The fourth-order valence-electron chi connectivity index (χ4n) is 3.11. The van der Waals surface area contributed by atoms with Crippen LogP contribution in [0.3, 0.4) is 0 Å². The molecule has 1 saturated heterocycles. The lowest BCUT2D eigenvalue weighted by Crippen LogP contribution is -2.47. The molecule has 0 bridgehead atoms. The van der Waals surface area contributed by atoms with Crippen molar-refractivity contribution >= 4 is 16.7 Å². The van der Waals surface area contributed by atoms with Crippen molar-refractivity contribution in [3.8, 4) is 0 Å². The van der Waals surface area contributed by atoms with Crippen LogP contribution in [-0.4, -0.2) is 28.1 Å². The predicted octanol–water partition coefficient (Wildman–Crippen LogP) is 2.67. The molecule has 2 aromatic rings. The van der Waals surface area contributed by atoms with Crippen LogP contribution in [-0.2, 0) is 0 Å². The second-order valence-electron chi connectivity index (χ2n) is 5.36. The monoisotopic (exact) mass is 257 g/mol. The molecule has 1 fully saturated rings. The number of ketones is 1. The largest absolute Gasteiger partial charge is 0.305 e. The van der Waals surface area contributed by atoms with E-state index in [1.807, 2.05) is 18.2 Å². The maximum absolute atomic E-state index is 12.8. The Hall–Kier alpha value is -1.68. The van der Waals surface area contributed by atoms with Crippen molar-refractivity contribution in [1.29, 1.82) is 0 Å². The van der Waals surface area contributed by atoms with Gasteiger partial charge in [0.05, 0.1) is 17.3 Å². The van der Waals surface area contributed by atoms with Gasteiger partial charge >= 0.3 is 0 Å². The van der Waals surface area contributed by atoms with E-state index in [9.17, 15) is 4.79 Å². The van der Waals surface area contributed by atoms with Gasteiger partial charge < -0.3 is 5.32 Å². The zero-order chi connectivity index (χ0) is 13.3. The summed E-state index contributed by atoms with van der Waals surface area (Å²) in [5, 5.41) is 11.3. The van der Waals surface area contributed by atoms with Crippen LogP contribution in [0.5, 0.6) is 0 Å². The molecule has 0 saturated carbocycles. The first-order chi connectivity index (χ1) is 9.25. The molecule has 1 aromatic carbocycles. The number of benzene rings is 1. The summed E-state index contributed by atoms with van der Waals surface area (Å²) in [5.41, 5.74) is 1.42. The molecule has 4 nitrogen and oxygen atoms in total. The first-order valence-corrected chi connectivity index (χ1v) is 6.98. The van der Waals surface area contributed by atoms with Gasteiger partial charge in [-0.3, -0.25) is 9.89 Å². The summed E-state index contributed by atoms with van der Waals surface area (Å²) in [6.07, 6.45) is 5.73. The average molecular weight is 257 g/mol. The fraction of sp³-hybridized carbons (Fsp3) is 0.467. The van der Waals surface area contributed by atoms with Gasteiger partial charge in [-0.05, 0) is 44.0 Å². The van der Waals surface area contributed by atoms with E-state index in [0.29, 0.717) is 0 Å². The topological polar surface area (TPSA) is 57.8 Å². The summed E-state index contributed by atoms with van der Waals surface area (Å²) in [6, 6.07) is 5.78. The summed E-state index contributed by atoms with van der Waals surface area (Å²) >= 11 is 0. The zero-order valence-corrected chi connectivity index (χ0v) is 11.2. The predicted molar refractivity (Wildman–Crippen MR) is 75.3 cm³/mol. The molecule has 1 aromatic heterocycles. The molecule has 0 spiro atoms. The zero-order valence-electron chi connectivity index (χ0n) is 11.2. The molecule has 0 radical (unpaired) electrons. The van der Waals surface area contributed by atoms with Crippen LogP contribution in [0.2, 0.25) is 0 Å². The minimum atomic E-state index is -0.341. The lowest BCUT2D eigenvalue weighted by Gasteiger charge is -2.27. The van der Waals surface area contributed by atoms with E-state index in [4.69, 9.17) is 0 Å². The molecular weight excluding hydrogens is 238 g/mol. The van der Waals surface area contributed by atoms with E-state index < -0.39 is 0 Å². The summed E-state index contributed by atoms with van der Waals surface area (Å²) < 4.78 is 0. The van der Waals surface area contributed by atoms with E-state index in [0.717, 1.165) is 48.7 Å². The number of nitrogens with zero attached hydrogens (tertiary/aromatic N) is 1. The number of hydrogen-bond acceptors (Lipinski definition) is 3. The third-order valence-electron chi connectivity index (χ3n) is 4.06. The van der Waals surface area contributed by atoms with Crippen LogP contribution in [0.4, 0.5) is 0 Å². The Bertz CT molecular complexity index is 596. The van der Waals surface area contributed by atoms with Crippen molar-refractivity contribution in [1.82, 2.24) is 15.5 Å². The van der Waals surface area contributed by atoms with Gasteiger partial charge in [0.25, 0.3) is 0 Å². The molecule has 1 atom stereocenters. The van der Waals surface area contributed by atoms with Gasteiger partial charge in [0.2, 0.25) is 0 Å². The molecule has 3 rings (SSSR count). The van der Waals surface area contributed by atoms with Gasteiger partial charge in [0, 0.05) is 10.9 Å². The second-order valence-corrected chi connectivity index (χ2v) is 5.36. The smallest absolute Gasteiger partial charge is 0.182 e. The highest BCUT2D eigenvalue weighted by Gasteiger charge is 2.40. The SMILES string of the molecule is CCC[C@]1(C(=O)c2ccc3[nH]ncc3c2)CCCN1. The number of fused-ring (bicyclic) bond motifs is 1. The van der Waals surface area contributed by atoms with Crippen LogP contribution in [0.1, 0.15) is 43.0 Å². The lowest BCUT2D eigenvalue weighted by molar-refractivity contribution is 0.0858. The number of nitrogens with one attached hydrogen (secondary N) is 2. The molecule has 100 valence electrons. The van der Waals surface area contributed by atoms with E-state index in [1.165, 1.54) is 0 Å². The summed E-state index contributed by atoms with van der Waals surface area (Å²) in [7, 11) is 0. The number of aromatic nitrogens is 2. The number of carbonyl (C=O) groups excluding carboxylic acids is 1. The molecule has 0 unspecified atom stereocenters. The summed E-state index contributed by atoms with van der Waals surface area (Å²) in [5.74, 6) is 0.231. The standard InChI is InChI=1S/C15H19N3O/c1-2-6-15(7-3-8-16-15)14(19)11-4-5-13-12(9-11)10-17-18-13/h4-5,9-10,16H,2-3,6-8H2,1H3,(H,17,18)/t15-/m1/s1. The molecule has 0 amide bonds. The van der Waals surface area contributed by atoms with Gasteiger partial charge in [-0.1, -0.05) is 13.3 Å². The number of aromatic amines is 1. The van der Waals surface area contributed by atoms with Crippen molar-refractivity contribution in [2.24, 2.45) is 0 Å². The Kier molecular flexibility index (Phi) is 3.11. The second kappa shape index (κ2) is 4.78.